The Balaban J connectivity index is 2.08. The van der Waals surface area contributed by atoms with E-state index < -0.39 is 5.97 Å². The van der Waals surface area contributed by atoms with Crippen LogP contribution in [0.2, 0.25) is 5.02 Å². The van der Waals surface area contributed by atoms with E-state index in [-0.39, 0.29) is 11.6 Å². The van der Waals surface area contributed by atoms with Gasteiger partial charge >= 0.3 is 5.97 Å². The van der Waals surface area contributed by atoms with Crippen LogP contribution in [0.5, 0.6) is 0 Å². The Morgan fingerprint density at radius 1 is 1.53 bits per heavy atom. The molecule has 1 aromatic carbocycles. The van der Waals surface area contributed by atoms with E-state index in [2.05, 4.69) is 5.32 Å². The largest absolute Gasteiger partial charge is 0.478 e. The fourth-order valence-electron chi connectivity index (χ4n) is 1.84. The molecule has 5 heteroatoms. The lowest BCUT2D eigenvalue weighted by molar-refractivity contribution is 0.0697. The van der Waals surface area contributed by atoms with Crippen LogP contribution in [0.1, 0.15) is 23.2 Å². The average molecular weight is 256 g/mol. The average Bonchev–Trinajstić information content (AvgIpc) is 2.33. The lowest BCUT2D eigenvalue weighted by Crippen LogP contribution is -2.30. The smallest absolute Gasteiger partial charge is 0.335 e. The Kier molecular flexibility index (Phi) is 3.86. The van der Waals surface area contributed by atoms with Crippen molar-refractivity contribution >= 4 is 23.3 Å². The van der Waals surface area contributed by atoms with Gasteiger partial charge in [-0.25, -0.2) is 4.79 Å². The van der Waals surface area contributed by atoms with Gasteiger partial charge in [-0.05, 0) is 31.0 Å². The minimum absolute atomic E-state index is 0.195. The van der Waals surface area contributed by atoms with E-state index in [1.165, 1.54) is 6.07 Å². The molecule has 1 heterocycles. The summed E-state index contributed by atoms with van der Waals surface area (Å²) in [7, 11) is 0. The number of hydrogen-bond acceptors (Lipinski definition) is 3. The van der Waals surface area contributed by atoms with E-state index >= 15 is 0 Å². The maximum Gasteiger partial charge on any atom is 0.335 e. The topological polar surface area (TPSA) is 58.6 Å². The summed E-state index contributed by atoms with van der Waals surface area (Å²) in [5.41, 5.74) is 0.951. The fraction of sp³-hybridized carbons (Fsp3) is 0.417. The molecule has 0 radical (unpaired) electrons. The second-order valence-electron chi connectivity index (χ2n) is 4.06. The highest BCUT2D eigenvalue weighted by Gasteiger charge is 2.15. The Morgan fingerprint density at radius 2 is 2.35 bits per heavy atom. The van der Waals surface area contributed by atoms with Crippen molar-refractivity contribution in [2.24, 2.45) is 0 Å². The standard InChI is InChI=1S/C12H14ClNO3/c13-10-6-8(12(15)16)3-4-11(10)14-9-2-1-5-17-7-9/h3-4,6,9,14H,1-2,5,7H2,(H,15,16). The third-order valence-electron chi connectivity index (χ3n) is 2.74. The lowest BCUT2D eigenvalue weighted by Gasteiger charge is -2.24. The number of nitrogens with one attached hydrogen (secondary N) is 1. The molecule has 1 aromatic rings. The number of aromatic carboxylic acids is 1. The van der Waals surface area contributed by atoms with Crippen molar-refractivity contribution in [3.63, 3.8) is 0 Å². The zero-order valence-electron chi connectivity index (χ0n) is 9.28. The highest BCUT2D eigenvalue weighted by molar-refractivity contribution is 6.33. The van der Waals surface area contributed by atoms with Crippen LogP contribution in [0.4, 0.5) is 5.69 Å². The Labute approximate surface area is 105 Å². The quantitative estimate of drug-likeness (QED) is 0.872. The first-order valence-corrected chi connectivity index (χ1v) is 5.92. The first-order valence-electron chi connectivity index (χ1n) is 5.54. The van der Waals surface area contributed by atoms with Crippen molar-refractivity contribution in [3.8, 4) is 0 Å². The summed E-state index contributed by atoms with van der Waals surface area (Å²) in [5.74, 6) is -0.973. The molecule has 1 fully saturated rings. The van der Waals surface area contributed by atoms with Crippen LogP contribution >= 0.6 is 11.6 Å². The molecule has 0 spiro atoms. The lowest BCUT2D eigenvalue weighted by atomic mass is 10.1. The molecule has 0 aliphatic carbocycles. The summed E-state index contributed by atoms with van der Waals surface area (Å²) in [4.78, 5) is 10.8. The highest BCUT2D eigenvalue weighted by atomic mass is 35.5. The predicted octanol–water partition coefficient (Wildman–Crippen LogP) is 2.63. The van der Waals surface area contributed by atoms with E-state index in [1.807, 2.05) is 0 Å². The fourth-order valence-corrected chi connectivity index (χ4v) is 2.07. The van der Waals surface area contributed by atoms with Gasteiger partial charge < -0.3 is 15.2 Å². The van der Waals surface area contributed by atoms with Gasteiger partial charge in [-0.3, -0.25) is 0 Å². The Morgan fingerprint density at radius 3 is 2.94 bits per heavy atom. The van der Waals surface area contributed by atoms with Gasteiger partial charge in [0.2, 0.25) is 0 Å². The first kappa shape index (κ1) is 12.2. The van der Waals surface area contributed by atoms with Gasteiger partial charge in [0.25, 0.3) is 0 Å². The molecule has 1 aliphatic heterocycles. The monoisotopic (exact) mass is 255 g/mol. The number of hydrogen-bond donors (Lipinski definition) is 2. The summed E-state index contributed by atoms with van der Waals surface area (Å²) >= 11 is 6.03. The normalized spacial score (nSPS) is 19.9. The predicted molar refractivity (Wildman–Crippen MR) is 65.9 cm³/mol. The van der Waals surface area contributed by atoms with Crippen LogP contribution in [-0.4, -0.2) is 30.3 Å². The minimum Gasteiger partial charge on any atom is -0.478 e. The summed E-state index contributed by atoms with van der Waals surface area (Å²) in [6.45, 7) is 1.47. The number of carboxylic acid groups (broad SMARTS) is 1. The van der Waals surface area contributed by atoms with Crippen molar-refractivity contribution in [3.05, 3.63) is 28.8 Å². The van der Waals surface area contributed by atoms with Crippen LogP contribution in [0.3, 0.4) is 0 Å². The van der Waals surface area contributed by atoms with Gasteiger partial charge in [0.15, 0.2) is 0 Å². The molecule has 2 rings (SSSR count). The molecule has 0 saturated carbocycles. The van der Waals surface area contributed by atoms with E-state index in [1.54, 1.807) is 12.1 Å². The number of carbonyl (C=O) groups is 1. The molecule has 1 atom stereocenters. The van der Waals surface area contributed by atoms with Gasteiger partial charge in [0, 0.05) is 12.6 Å². The summed E-state index contributed by atoms with van der Waals surface area (Å²) in [5, 5.41) is 12.5. The van der Waals surface area contributed by atoms with E-state index in [4.69, 9.17) is 21.4 Å². The molecule has 1 aliphatic rings. The molecular formula is C12H14ClNO3. The molecule has 1 unspecified atom stereocenters. The molecule has 4 nitrogen and oxygen atoms in total. The van der Waals surface area contributed by atoms with Crippen molar-refractivity contribution in [1.29, 1.82) is 0 Å². The van der Waals surface area contributed by atoms with Gasteiger partial charge in [-0.1, -0.05) is 11.6 Å². The number of rotatable bonds is 3. The Bertz CT molecular complexity index is 416. The molecule has 1 saturated heterocycles. The highest BCUT2D eigenvalue weighted by Crippen LogP contribution is 2.25. The van der Waals surface area contributed by atoms with E-state index in [9.17, 15) is 4.79 Å². The molecule has 92 valence electrons. The van der Waals surface area contributed by atoms with Crippen molar-refractivity contribution in [2.45, 2.75) is 18.9 Å². The Hall–Kier alpha value is -1.26. The minimum atomic E-state index is -0.973. The van der Waals surface area contributed by atoms with Gasteiger partial charge in [0.05, 0.1) is 22.9 Å². The van der Waals surface area contributed by atoms with Crippen LogP contribution in [0.25, 0.3) is 0 Å². The number of carboxylic acids is 1. The molecule has 17 heavy (non-hydrogen) atoms. The van der Waals surface area contributed by atoms with Crippen LogP contribution in [-0.2, 0) is 4.74 Å². The third-order valence-corrected chi connectivity index (χ3v) is 3.05. The van der Waals surface area contributed by atoms with Crippen molar-refractivity contribution < 1.29 is 14.6 Å². The van der Waals surface area contributed by atoms with Crippen molar-refractivity contribution in [1.82, 2.24) is 0 Å². The SMILES string of the molecule is O=C(O)c1ccc(NC2CCCOC2)c(Cl)c1. The second-order valence-corrected chi connectivity index (χ2v) is 4.47. The second kappa shape index (κ2) is 5.38. The van der Waals surface area contributed by atoms with E-state index in [0.717, 1.165) is 25.1 Å². The molecular weight excluding hydrogens is 242 g/mol. The number of benzene rings is 1. The summed E-state index contributed by atoms with van der Waals surface area (Å²) < 4.78 is 5.36. The maximum absolute atomic E-state index is 10.8. The zero-order chi connectivity index (χ0) is 12.3. The van der Waals surface area contributed by atoms with Crippen LogP contribution in [0, 0.1) is 0 Å². The number of ether oxygens (including phenoxy) is 1. The number of halogens is 1. The zero-order valence-corrected chi connectivity index (χ0v) is 10.0. The summed E-state index contributed by atoms with van der Waals surface area (Å²) in [6, 6.07) is 4.94. The van der Waals surface area contributed by atoms with Gasteiger partial charge in [-0.2, -0.15) is 0 Å². The van der Waals surface area contributed by atoms with Crippen LogP contribution in [0.15, 0.2) is 18.2 Å². The van der Waals surface area contributed by atoms with Gasteiger partial charge in [0.1, 0.15) is 0 Å². The number of anilines is 1. The molecule has 2 N–H and O–H groups in total. The third kappa shape index (κ3) is 3.11. The van der Waals surface area contributed by atoms with Gasteiger partial charge in [-0.15, -0.1) is 0 Å². The van der Waals surface area contributed by atoms with E-state index in [0.29, 0.717) is 11.6 Å². The molecule has 0 amide bonds. The molecule has 0 bridgehead atoms. The first-order chi connectivity index (χ1) is 8.16. The van der Waals surface area contributed by atoms with Crippen molar-refractivity contribution in [2.75, 3.05) is 18.5 Å². The molecule has 0 aromatic heterocycles. The maximum atomic E-state index is 10.8. The van der Waals surface area contributed by atoms with Crippen LogP contribution < -0.4 is 5.32 Å². The summed E-state index contributed by atoms with van der Waals surface area (Å²) in [6.07, 6.45) is 2.07.